The fourth-order valence-corrected chi connectivity index (χ4v) is 4.44. The van der Waals surface area contributed by atoms with Gasteiger partial charge in [0.25, 0.3) is 5.91 Å². The molecule has 1 saturated heterocycles. The number of hydrogen-bond donors (Lipinski definition) is 3. The van der Waals surface area contributed by atoms with Gasteiger partial charge in [0.2, 0.25) is 0 Å². The van der Waals surface area contributed by atoms with Crippen molar-refractivity contribution in [3.05, 3.63) is 60.2 Å². The number of nitrogens with one attached hydrogen (secondary N) is 3. The standard InChI is InChI=1S/C28H36N4O/c1-20(2)18-31-28(33)23-13-11-22(12-14-23)26-17-27(24-9-3-4-10-25(24)32-26)30-16-6-8-21-7-5-15-29-19-21/h3-4,9-14,17,20-21,29H,5-8,15-16,18-19H2,1-2H3,(H,30,32)(H,31,33). The van der Waals surface area contributed by atoms with Crippen LogP contribution in [0, 0.1) is 11.8 Å². The number of hydrogen-bond acceptors (Lipinski definition) is 4. The van der Waals surface area contributed by atoms with E-state index in [1.54, 1.807) is 0 Å². The zero-order valence-corrected chi connectivity index (χ0v) is 19.9. The second-order valence-electron chi connectivity index (χ2n) is 9.53. The Hall–Kier alpha value is -2.92. The van der Waals surface area contributed by atoms with E-state index in [0.29, 0.717) is 18.0 Å². The molecule has 2 heterocycles. The number of nitrogens with zero attached hydrogens (tertiary/aromatic N) is 1. The molecule has 0 bridgehead atoms. The molecule has 3 N–H and O–H groups in total. The van der Waals surface area contributed by atoms with Gasteiger partial charge in [0, 0.05) is 35.3 Å². The van der Waals surface area contributed by atoms with Gasteiger partial charge in [-0.25, -0.2) is 4.98 Å². The van der Waals surface area contributed by atoms with Crippen molar-refractivity contribution in [2.45, 2.75) is 39.5 Å². The second kappa shape index (κ2) is 11.3. The minimum atomic E-state index is -0.0303. The number of pyridine rings is 1. The predicted molar refractivity (Wildman–Crippen MR) is 138 cm³/mol. The maximum atomic E-state index is 12.3. The molecule has 0 radical (unpaired) electrons. The minimum absolute atomic E-state index is 0.0303. The highest BCUT2D eigenvalue weighted by Crippen LogP contribution is 2.29. The zero-order valence-electron chi connectivity index (χ0n) is 19.9. The molecule has 4 rings (SSSR count). The van der Waals surface area contributed by atoms with Crippen LogP contribution in [0.25, 0.3) is 22.2 Å². The molecule has 1 amide bonds. The Morgan fingerprint density at radius 3 is 2.73 bits per heavy atom. The average Bonchev–Trinajstić information content (AvgIpc) is 2.85. The first-order valence-corrected chi connectivity index (χ1v) is 12.3. The van der Waals surface area contributed by atoms with Crippen LogP contribution in [0.2, 0.25) is 0 Å². The van der Waals surface area contributed by atoms with Crippen molar-refractivity contribution in [1.29, 1.82) is 0 Å². The number of fused-ring (bicyclic) bond motifs is 1. The van der Waals surface area contributed by atoms with Gasteiger partial charge >= 0.3 is 0 Å². The molecule has 1 unspecified atom stereocenters. The maximum Gasteiger partial charge on any atom is 0.251 e. The van der Waals surface area contributed by atoms with E-state index in [0.717, 1.165) is 46.9 Å². The molecule has 1 atom stereocenters. The number of rotatable bonds is 9. The summed E-state index contributed by atoms with van der Waals surface area (Å²) in [5, 5.41) is 11.3. The van der Waals surface area contributed by atoms with Gasteiger partial charge in [-0.2, -0.15) is 0 Å². The molecule has 1 fully saturated rings. The Morgan fingerprint density at radius 1 is 1.15 bits per heavy atom. The maximum absolute atomic E-state index is 12.3. The molecule has 33 heavy (non-hydrogen) atoms. The highest BCUT2D eigenvalue weighted by Gasteiger charge is 2.13. The average molecular weight is 445 g/mol. The molecule has 0 spiro atoms. The van der Waals surface area contributed by atoms with Crippen molar-refractivity contribution in [2.24, 2.45) is 11.8 Å². The summed E-state index contributed by atoms with van der Waals surface area (Å²) in [6.45, 7) is 8.15. The number of piperidine rings is 1. The summed E-state index contributed by atoms with van der Waals surface area (Å²) in [6, 6.07) is 18.2. The molecule has 1 aromatic heterocycles. The summed E-state index contributed by atoms with van der Waals surface area (Å²) in [7, 11) is 0. The fourth-order valence-electron chi connectivity index (χ4n) is 4.44. The first kappa shape index (κ1) is 23.2. The van der Waals surface area contributed by atoms with Gasteiger partial charge in [-0.3, -0.25) is 4.79 Å². The van der Waals surface area contributed by atoms with Gasteiger partial charge in [0.15, 0.2) is 0 Å². The molecule has 0 saturated carbocycles. The molecular formula is C28H36N4O. The number of benzene rings is 2. The van der Waals surface area contributed by atoms with Crippen LogP contribution in [0.1, 0.15) is 49.9 Å². The van der Waals surface area contributed by atoms with Crippen molar-refractivity contribution < 1.29 is 4.79 Å². The van der Waals surface area contributed by atoms with E-state index in [4.69, 9.17) is 4.98 Å². The van der Waals surface area contributed by atoms with Crippen LogP contribution >= 0.6 is 0 Å². The first-order valence-electron chi connectivity index (χ1n) is 12.3. The van der Waals surface area contributed by atoms with E-state index in [2.05, 4.69) is 54.1 Å². The quantitative estimate of drug-likeness (QED) is 0.382. The van der Waals surface area contributed by atoms with Gasteiger partial charge in [-0.1, -0.05) is 44.2 Å². The molecule has 3 aromatic rings. The normalized spacial score (nSPS) is 16.2. The largest absolute Gasteiger partial charge is 0.384 e. The van der Waals surface area contributed by atoms with Gasteiger partial charge < -0.3 is 16.0 Å². The molecule has 1 aliphatic heterocycles. The lowest BCUT2D eigenvalue weighted by atomic mass is 9.95. The molecule has 174 valence electrons. The van der Waals surface area contributed by atoms with Crippen molar-refractivity contribution in [3.63, 3.8) is 0 Å². The molecular weight excluding hydrogens is 408 g/mol. The van der Waals surface area contributed by atoms with Crippen molar-refractivity contribution in [2.75, 3.05) is 31.5 Å². The van der Waals surface area contributed by atoms with E-state index in [1.807, 2.05) is 30.3 Å². The summed E-state index contributed by atoms with van der Waals surface area (Å²) in [5.74, 6) is 1.21. The van der Waals surface area contributed by atoms with E-state index < -0.39 is 0 Å². The number of amides is 1. The van der Waals surface area contributed by atoms with E-state index in [1.165, 1.54) is 32.2 Å². The lowest BCUT2D eigenvalue weighted by Gasteiger charge is -2.22. The summed E-state index contributed by atoms with van der Waals surface area (Å²) in [4.78, 5) is 17.2. The number of aromatic nitrogens is 1. The monoisotopic (exact) mass is 444 g/mol. The van der Waals surface area contributed by atoms with Gasteiger partial charge in [-0.15, -0.1) is 0 Å². The fraction of sp³-hybridized carbons (Fsp3) is 0.429. The van der Waals surface area contributed by atoms with Crippen molar-refractivity contribution >= 4 is 22.5 Å². The van der Waals surface area contributed by atoms with Crippen LogP contribution < -0.4 is 16.0 Å². The van der Waals surface area contributed by atoms with Crippen LogP contribution in [-0.4, -0.2) is 37.1 Å². The van der Waals surface area contributed by atoms with Crippen LogP contribution in [0.4, 0.5) is 5.69 Å². The lowest BCUT2D eigenvalue weighted by Crippen LogP contribution is -2.29. The first-order chi connectivity index (χ1) is 16.1. The van der Waals surface area contributed by atoms with Crippen LogP contribution in [0.15, 0.2) is 54.6 Å². The molecule has 5 heteroatoms. The topological polar surface area (TPSA) is 66.1 Å². The lowest BCUT2D eigenvalue weighted by molar-refractivity contribution is 0.0949. The summed E-state index contributed by atoms with van der Waals surface area (Å²) in [6.07, 6.45) is 5.07. The Morgan fingerprint density at radius 2 is 1.97 bits per heavy atom. The third-order valence-electron chi connectivity index (χ3n) is 6.33. The SMILES string of the molecule is CC(C)CNC(=O)c1ccc(-c2cc(NCCCC3CCCNC3)c3ccccc3n2)cc1. The summed E-state index contributed by atoms with van der Waals surface area (Å²) < 4.78 is 0. The van der Waals surface area contributed by atoms with E-state index >= 15 is 0 Å². The van der Waals surface area contributed by atoms with E-state index in [9.17, 15) is 4.79 Å². The third kappa shape index (κ3) is 6.32. The van der Waals surface area contributed by atoms with Crippen LogP contribution in [0.3, 0.4) is 0 Å². The Kier molecular flexibility index (Phi) is 7.95. The smallest absolute Gasteiger partial charge is 0.251 e. The predicted octanol–water partition coefficient (Wildman–Crippen LogP) is 5.48. The number of para-hydroxylation sites is 1. The van der Waals surface area contributed by atoms with Gasteiger partial charge in [-0.05, 0) is 74.9 Å². The minimum Gasteiger partial charge on any atom is -0.384 e. The second-order valence-corrected chi connectivity index (χ2v) is 9.53. The van der Waals surface area contributed by atoms with Crippen LogP contribution in [0.5, 0.6) is 0 Å². The third-order valence-corrected chi connectivity index (χ3v) is 6.33. The number of anilines is 1. The highest BCUT2D eigenvalue weighted by molar-refractivity contribution is 5.96. The van der Waals surface area contributed by atoms with E-state index in [-0.39, 0.29) is 5.91 Å². The van der Waals surface area contributed by atoms with Crippen LogP contribution in [-0.2, 0) is 0 Å². The van der Waals surface area contributed by atoms with Gasteiger partial charge in [0.05, 0.1) is 11.2 Å². The number of carbonyl (C=O) groups is 1. The Balaban J connectivity index is 1.47. The van der Waals surface area contributed by atoms with Crippen molar-refractivity contribution in [3.8, 4) is 11.3 Å². The zero-order chi connectivity index (χ0) is 23.0. The molecule has 2 aromatic carbocycles. The summed E-state index contributed by atoms with van der Waals surface area (Å²) >= 11 is 0. The number of carbonyl (C=O) groups excluding carboxylic acids is 1. The Bertz CT molecular complexity index is 1060. The summed E-state index contributed by atoms with van der Waals surface area (Å²) in [5.41, 5.74) is 4.71. The van der Waals surface area contributed by atoms with Crippen molar-refractivity contribution in [1.82, 2.24) is 15.6 Å². The molecule has 1 aliphatic rings. The highest BCUT2D eigenvalue weighted by atomic mass is 16.1. The van der Waals surface area contributed by atoms with Gasteiger partial charge in [0.1, 0.15) is 0 Å². The molecule has 5 nitrogen and oxygen atoms in total. The molecule has 0 aliphatic carbocycles. The Labute approximate surface area is 197 Å².